The average molecular weight is 358 g/mol. The van der Waals surface area contributed by atoms with Crippen molar-refractivity contribution in [2.75, 3.05) is 0 Å². The summed E-state index contributed by atoms with van der Waals surface area (Å²) < 4.78 is 30.7. The number of hydrogen-bond donors (Lipinski definition) is 1. The van der Waals surface area contributed by atoms with Crippen LogP contribution >= 0.6 is 0 Å². The maximum absolute atomic E-state index is 12.7. The van der Waals surface area contributed by atoms with Crippen LogP contribution in [0, 0.1) is 0 Å². The second-order valence-corrected chi connectivity index (χ2v) is 7.04. The first-order valence-electron chi connectivity index (χ1n) is 7.27. The topological polar surface area (TPSA) is 101 Å². The zero-order chi connectivity index (χ0) is 17.9. The monoisotopic (exact) mass is 358 g/mol. The van der Waals surface area contributed by atoms with Crippen molar-refractivity contribution in [1.29, 1.82) is 0 Å². The molecule has 0 spiro atoms. The molecule has 0 aliphatic carbocycles. The van der Waals surface area contributed by atoms with Gasteiger partial charge in [-0.05, 0) is 17.7 Å². The Morgan fingerprint density at radius 3 is 2.32 bits per heavy atom. The van der Waals surface area contributed by atoms with Gasteiger partial charge in [0, 0.05) is 5.56 Å². The van der Waals surface area contributed by atoms with Gasteiger partial charge in [-0.2, -0.15) is 4.31 Å². The lowest BCUT2D eigenvalue weighted by molar-refractivity contribution is 0.170. The van der Waals surface area contributed by atoms with Gasteiger partial charge in [0.15, 0.2) is 6.39 Å². The highest BCUT2D eigenvalue weighted by Crippen LogP contribution is 2.23. The van der Waals surface area contributed by atoms with Crippen molar-refractivity contribution in [2.45, 2.75) is 11.4 Å². The van der Waals surface area contributed by atoms with Gasteiger partial charge in [0.1, 0.15) is 12.0 Å². The molecule has 1 aromatic heterocycles. The van der Waals surface area contributed by atoms with Crippen molar-refractivity contribution in [3.05, 3.63) is 72.8 Å². The maximum atomic E-state index is 12.7. The zero-order valence-electron chi connectivity index (χ0n) is 12.9. The van der Waals surface area contributed by atoms with Crippen molar-refractivity contribution in [1.82, 2.24) is 9.29 Å². The fourth-order valence-corrected chi connectivity index (χ4v) is 3.54. The van der Waals surface area contributed by atoms with Crippen molar-refractivity contribution in [3.63, 3.8) is 0 Å². The highest BCUT2D eigenvalue weighted by molar-refractivity contribution is 7.89. The van der Waals surface area contributed by atoms with E-state index in [0.717, 1.165) is 0 Å². The van der Waals surface area contributed by atoms with Crippen LogP contribution in [0.2, 0.25) is 0 Å². The smallest absolute Gasteiger partial charge is 0.421 e. The molecular weight excluding hydrogens is 344 g/mol. The predicted molar refractivity (Wildman–Crippen MR) is 89.1 cm³/mol. The highest BCUT2D eigenvalue weighted by atomic mass is 32.2. The first-order chi connectivity index (χ1) is 12.0. The SMILES string of the molecule is O=C(O)N(Cc1ccccc1)S(=O)(=O)c1ccc(-c2cocn2)cc1. The number of sulfonamides is 1. The third kappa shape index (κ3) is 3.53. The van der Waals surface area contributed by atoms with E-state index >= 15 is 0 Å². The van der Waals surface area contributed by atoms with Crippen LogP contribution in [-0.4, -0.2) is 28.9 Å². The molecule has 0 fully saturated rings. The fourth-order valence-electron chi connectivity index (χ4n) is 2.28. The summed E-state index contributed by atoms with van der Waals surface area (Å²) >= 11 is 0. The van der Waals surface area contributed by atoms with E-state index in [9.17, 15) is 18.3 Å². The molecule has 0 radical (unpaired) electrons. The Hall–Kier alpha value is -3.13. The van der Waals surface area contributed by atoms with E-state index in [1.54, 1.807) is 42.5 Å². The Bertz CT molecular complexity index is 952. The second kappa shape index (κ2) is 6.78. The van der Waals surface area contributed by atoms with Gasteiger partial charge in [0.2, 0.25) is 0 Å². The Balaban J connectivity index is 1.91. The number of benzene rings is 2. The maximum Gasteiger partial charge on any atom is 0.421 e. The Labute approximate surface area is 144 Å². The molecule has 0 saturated carbocycles. The Morgan fingerprint density at radius 1 is 1.08 bits per heavy atom. The molecule has 8 heteroatoms. The van der Waals surface area contributed by atoms with Gasteiger partial charge in [-0.25, -0.2) is 18.2 Å². The van der Waals surface area contributed by atoms with Gasteiger partial charge in [-0.15, -0.1) is 0 Å². The van der Waals surface area contributed by atoms with Crippen LogP contribution in [0.5, 0.6) is 0 Å². The number of carbonyl (C=O) groups is 1. The van der Waals surface area contributed by atoms with Crippen LogP contribution in [0.4, 0.5) is 4.79 Å². The fraction of sp³-hybridized carbons (Fsp3) is 0.0588. The van der Waals surface area contributed by atoms with Crippen molar-refractivity contribution in [3.8, 4) is 11.3 Å². The molecule has 0 atom stereocenters. The third-order valence-electron chi connectivity index (χ3n) is 3.55. The van der Waals surface area contributed by atoms with E-state index in [0.29, 0.717) is 21.1 Å². The summed E-state index contributed by atoms with van der Waals surface area (Å²) in [6.07, 6.45) is 1.17. The van der Waals surface area contributed by atoms with Crippen LogP contribution in [0.1, 0.15) is 5.56 Å². The highest BCUT2D eigenvalue weighted by Gasteiger charge is 2.29. The predicted octanol–water partition coefficient (Wildman–Crippen LogP) is 3.21. The minimum Gasteiger partial charge on any atom is -0.464 e. The van der Waals surface area contributed by atoms with Crippen molar-refractivity contribution >= 4 is 16.1 Å². The number of carboxylic acid groups (broad SMARTS) is 1. The van der Waals surface area contributed by atoms with E-state index < -0.39 is 16.1 Å². The lowest BCUT2D eigenvalue weighted by Gasteiger charge is -2.19. The van der Waals surface area contributed by atoms with Gasteiger partial charge in [-0.3, -0.25) is 0 Å². The van der Waals surface area contributed by atoms with Crippen LogP contribution in [0.25, 0.3) is 11.3 Å². The molecule has 2 aromatic carbocycles. The molecule has 25 heavy (non-hydrogen) atoms. The molecule has 1 heterocycles. The number of oxazole rings is 1. The molecule has 1 amide bonds. The molecule has 3 aromatic rings. The average Bonchev–Trinajstić information content (AvgIpc) is 3.15. The molecule has 1 N–H and O–H groups in total. The van der Waals surface area contributed by atoms with Gasteiger partial charge in [-0.1, -0.05) is 42.5 Å². The van der Waals surface area contributed by atoms with E-state index in [1.807, 2.05) is 0 Å². The minimum absolute atomic E-state index is 0.113. The van der Waals surface area contributed by atoms with Crippen molar-refractivity contribution in [2.24, 2.45) is 0 Å². The van der Waals surface area contributed by atoms with Gasteiger partial charge in [0.05, 0.1) is 11.4 Å². The number of aromatic nitrogens is 1. The van der Waals surface area contributed by atoms with Gasteiger partial charge >= 0.3 is 6.09 Å². The lowest BCUT2D eigenvalue weighted by Crippen LogP contribution is -2.35. The van der Waals surface area contributed by atoms with Gasteiger partial charge in [0.25, 0.3) is 10.0 Å². The summed E-state index contributed by atoms with van der Waals surface area (Å²) in [6.45, 7) is -0.260. The van der Waals surface area contributed by atoms with E-state index in [2.05, 4.69) is 4.98 Å². The normalized spacial score (nSPS) is 11.2. The summed E-state index contributed by atoms with van der Waals surface area (Å²) in [6, 6.07) is 14.3. The van der Waals surface area contributed by atoms with Crippen LogP contribution in [0.3, 0.4) is 0 Å². The quantitative estimate of drug-likeness (QED) is 0.751. The standard InChI is InChI=1S/C17H14N2O5S/c20-17(21)19(10-13-4-2-1-3-5-13)25(22,23)15-8-6-14(7-9-15)16-11-24-12-18-16/h1-9,11-12H,10H2,(H,20,21). The van der Waals surface area contributed by atoms with Crippen molar-refractivity contribution < 1.29 is 22.7 Å². The second-order valence-electron chi connectivity index (χ2n) is 5.18. The van der Waals surface area contributed by atoms with E-state index in [4.69, 9.17) is 4.42 Å². The number of nitrogens with zero attached hydrogens (tertiary/aromatic N) is 2. The number of hydrogen-bond acceptors (Lipinski definition) is 5. The van der Waals surface area contributed by atoms with Crippen LogP contribution in [0.15, 0.2) is 76.6 Å². The van der Waals surface area contributed by atoms with E-state index in [-0.39, 0.29) is 11.4 Å². The lowest BCUT2D eigenvalue weighted by atomic mass is 10.2. The van der Waals surface area contributed by atoms with E-state index in [1.165, 1.54) is 24.8 Å². The Kier molecular flexibility index (Phi) is 4.53. The molecule has 7 nitrogen and oxygen atoms in total. The Morgan fingerprint density at radius 2 is 1.76 bits per heavy atom. The molecule has 0 bridgehead atoms. The first kappa shape index (κ1) is 16.7. The van der Waals surface area contributed by atoms with Crippen LogP contribution in [-0.2, 0) is 16.6 Å². The molecule has 128 valence electrons. The number of rotatable bonds is 5. The summed E-state index contributed by atoms with van der Waals surface area (Å²) in [4.78, 5) is 15.4. The summed E-state index contributed by atoms with van der Waals surface area (Å²) in [5, 5.41) is 9.36. The molecular formula is C17H14N2O5S. The number of amides is 1. The minimum atomic E-state index is -4.19. The summed E-state index contributed by atoms with van der Waals surface area (Å²) in [5.41, 5.74) is 1.80. The van der Waals surface area contributed by atoms with Gasteiger partial charge < -0.3 is 9.52 Å². The van der Waals surface area contributed by atoms with Crippen LogP contribution < -0.4 is 0 Å². The summed E-state index contributed by atoms with van der Waals surface area (Å²) in [7, 11) is -4.19. The molecule has 0 unspecified atom stereocenters. The summed E-state index contributed by atoms with van der Waals surface area (Å²) in [5.74, 6) is 0. The third-order valence-corrected chi connectivity index (χ3v) is 5.29. The largest absolute Gasteiger partial charge is 0.464 e. The molecule has 0 aliphatic heterocycles. The zero-order valence-corrected chi connectivity index (χ0v) is 13.8. The molecule has 0 saturated heterocycles. The first-order valence-corrected chi connectivity index (χ1v) is 8.71. The molecule has 3 rings (SSSR count). The molecule has 0 aliphatic rings.